The number of imidazole rings is 1. The number of fused-ring (bicyclic) bond motifs is 2. The zero-order valence-corrected chi connectivity index (χ0v) is 14.9. The number of carboxylic acids is 1. The van der Waals surface area contributed by atoms with E-state index < -0.39 is 18.0 Å². The summed E-state index contributed by atoms with van der Waals surface area (Å²) >= 11 is 1.50. The molecule has 4 atom stereocenters. The topological polar surface area (TPSA) is 95.1 Å². The Balaban J connectivity index is 1.85. The minimum Gasteiger partial charge on any atom is -0.477 e. The minimum absolute atomic E-state index is 0.0508. The first kappa shape index (κ1) is 16.3. The number of aliphatic hydroxyl groups excluding tert-OH is 1. The Hall–Kier alpha value is -2.19. The van der Waals surface area contributed by atoms with Crippen molar-refractivity contribution in [1.29, 1.82) is 0 Å². The van der Waals surface area contributed by atoms with Crippen molar-refractivity contribution in [2.24, 2.45) is 11.8 Å². The van der Waals surface area contributed by atoms with Crippen LogP contribution in [0, 0.1) is 11.8 Å². The number of hydrogen-bond acceptors (Lipinski definition) is 5. The number of carboxylic acid groups (broad SMARTS) is 1. The van der Waals surface area contributed by atoms with E-state index in [0.29, 0.717) is 5.57 Å². The maximum absolute atomic E-state index is 12.4. The monoisotopic (exact) mass is 361 g/mol. The van der Waals surface area contributed by atoms with Gasteiger partial charge in [0.05, 0.1) is 28.6 Å². The number of nitrogens with zero attached hydrogens (tertiary/aromatic N) is 3. The fourth-order valence-corrected chi connectivity index (χ4v) is 5.40. The van der Waals surface area contributed by atoms with E-state index in [1.54, 1.807) is 13.3 Å². The van der Waals surface area contributed by atoms with Crippen LogP contribution in [0.5, 0.6) is 0 Å². The van der Waals surface area contributed by atoms with E-state index in [9.17, 15) is 19.8 Å². The van der Waals surface area contributed by atoms with Crippen LogP contribution in [0.1, 0.15) is 31.3 Å². The molecular weight excluding hydrogens is 342 g/mol. The van der Waals surface area contributed by atoms with Crippen molar-refractivity contribution in [1.82, 2.24) is 14.3 Å². The van der Waals surface area contributed by atoms with Gasteiger partial charge in [-0.2, -0.15) is 0 Å². The van der Waals surface area contributed by atoms with E-state index in [2.05, 4.69) is 4.98 Å². The molecule has 2 aromatic heterocycles. The van der Waals surface area contributed by atoms with E-state index in [4.69, 9.17) is 0 Å². The van der Waals surface area contributed by atoms with Gasteiger partial charge in [-0.3, -0.25) is 9.20 Å². The Morgan fingerprint density at radius 3 is 2.80 bits per heavy atom. The number of carbonyl (C=O) groups excluding carboxylic acids is 1. The molecule has 25 heavy (non-hydrogen) atoms. The van der Waals surface area contributed by atoms with Crippen LogP contribution in [0.15, 0.2) is 18.2 Å². The van der Waals surface area contributed by atoms with E-state index in [1.165, 1.54) is 16.2 Å². The highest BCUT2D eigenvalue weighted by Crippen LogP contribution is 2.51. The average molecular weight is 361 g/mol. The number of aromatic nitrogens is 2. The molecule has 0 aliphatic carbocycles. The van der Waals surface area contributed by atoms with E-state index in [-0.39, 0.29) is 23.6 Å². The first-order valence-corrected chi connectivity index (χ1v) is 9.12. The Labute approximate surface area is 148 Å². The van der Waals surface area contributed by atoms with Crippen LogP contribution in [-0.4, -0.2) is 48.5 Å². The molecule has 0 radical (unpaired) electrons. The number of aryl methyl sites for hydroxylation is 1. The van der Waals surface area contributed by atoms with Crippen LogP contribution in [0.4, 0.5) is 0 Å². The van der Waals surface area contributed by atoms with Crippen molar-refractivity contribution in [3.8, 4) is 0 Å². The lowest BCUT2D eigenvalue weighted by atomic mass is 9.77. The Kier molecular flexibility index (Phi) is 3.52. The molecule has 4 heterocycles. The third-order valence-electron chi connectivity index (χ3n) is 5.26. The zero-order valence-electron chi connectivity index (χ0n) is 14.1. The number of rotatable bonds is 4. The summed E-state index contributed by atoms with van der Waals surface area (Å²) in [7, 11) is 0. The number of hydrogen-bond donors (Lipinski definition) is 2. The van der Waals surface area contributed by atoms with Crippen molar-refractivity contribution >= 4 is 33.6 Å². The number of aliphatic hydroxyl groups is 1. The van der Waals surface area contributed by atoms with Crippen LogP contribution in [0.25, 0.3) is 10.4 Å². The summed E-state index contributed by atoms with van der Waals surface area (Å²) in [4.78, 5) is 31.8. The van der Waals surface area contributed by atoms with Gasteiger partial charge in [-0.25, -0.2) is 9.78 Å². The molecule has 0 unspecified atom stereocenters. The van der Waals surface area contributed by atoms with Crippen LogP contribution < -0.4 is 0 Å². The van der Waals surface area contributed by atoms with Crippen LogP contribution >= 0.6 is 11.3 Å². The second-order valence-corrected chi connectivity index (χ2v) is 7.70. The predicted octanol–water partition coefficient (Wildman–Crippen LogP) is 1.61. The standard InChI is InChI=1S/C17H19N3O4S/c1-4-9-16-19(6-18-9)5-10(25-16)11-7(2)13-12(8(3)21)15(22)20(13)14(11)17(23)24/h5-8,12-13,21H,4H2,1-3H3,(H,23,24)/t7-,8+,12+,13-/m0/s1. The molecule has 4 rings (SSSR count). The fraction of sp³-hybridized carbons (Fsp3) is 0.471. The number of thiazole rings is 1. The number of aliphatic carboxylic acids is 1. The fourth-order valence-electron chi connectivity index (χ4n) is 4.11. The third-order valence-corrected chi connectivity index (χ3v) is 6.44. The summed E-state index contributed by atoms with van der Waals surface area (Å²) < 4.78 is 1.90. The van der Waals surface area contributed by atoms with Crippen molar-refractivity contribution in [2.75, 3.05) is 0 Å². The summed E-state index contributed by atoms with van der Waals surface area (Å²) in [5, 5.41) is 19.6. The molecule has 0 bridgehead atoms. The van der Waals surface area contributed by atoms with Crippen LogP contribution in [0.2, 0.25) is 0 Å². The second kappa shape index (κ2) is 5.40. The highest BCUT2D eigenvalue weighted by molar-refractivity contribution is 7.18. The highest BCUT2D eigenvalue weighted by atomic mass is 32.1. The van der Waals surface area contributed by atoms with Gasteiger partial charge in [-0.1, -0.05) is 13.8 Å². The molecule has 2 N–H and O–H groups in total. The third kappa shape index (κ3) is 2.04. The SMILES string of the molecule is CCc1ncn2cc(C3=C(C(=O)O)N4C(=O)[C@H]([C@@H](C)O)[C@@H]4[C@H]3C)sc12. The van der Waals surface area contributed by atoms with Gasteiger partial charge in [0.2, 0.25) is 5.91 Å². The van der Waals surface area contributed by atoms with E-state index in [1.807, 2.05) is 24.4 Å². The molecule has 1 fully saturated rings. The molecule has 0 spiro atoms. The summed E-state index contributed by atoms with van der Waals surface area (Å²) in [6.45, 7) is 5.54. The second-order valence-electron chi connectivity index (χ2n) is 6.67. The zero-order chi connectivity index (χ0) is 18.0. The number of β-lactam (4-membered cyclic amide) rings is 1. The van der Waals surface area contributed by atoms with Crippen molar-refractivity contribution in [3.63, 3.8) is 0 Å². The molecule has 0 aromatic carbocycles. The smallest absolute Gasteiger partial charge is 0.352 e. The Bertz CT molecular complexity index is 926. The first-order chi connectivity index (χ1) is 11.9. The molecular formula is C17H19N3O4S. The van der Waals surface area contributed by atoms with Crippen LogP contribution in [-0.2, 0) is 16.0 Å². The predicted molar refractivity (Wildman–Crippen MR) is 92.0 cm³/mol. The highest BCUT2D eigenvalue weighted by Gasteiger charge is 2.60. The molecule has 1 saturated heterocycles. The summed E-state index contributed by atoms with van der Waals surface area (Å²) in [5.41, 5.74) is 1.69. The summed E-state index contributed by atoms with van der Waals surface area (Å²) in [6.07, 6.45) is 3.62. The first-order valence-electron chi connectivity index (χ1n) is 8.31. The number of carbonyl (C=O) groups is 2. The molecule has 2 aliphatic rings. The maximum Gasteiger partial charge on any atom is 0.352 e. The van der Waals surface area contributed by atoms with Gasteiger partial charge in [-0.15, -0.1) is 11.3 Å². The molecule has 0 saturated carbocycles. The average Bonchev–Trinajstić information content (AvgIpc) is 3.16. The largest absolute Gasteiger partial charge is 0.477 e. The molecule has 1 amide bonds. The van der Waals surface area contributed by atoms with Gasteiger partial charge in [0, 0.05) is 17.7 Å². The summed E-state index contributed by atoms with van der Waals surface area (Å²) in [6, 6.07) is -0.293. The Morgan fingerprint density at radius 2 is 2.20 bits per heavy atom. The normalized spacial score (nSPS) is 27.0. The van der Waals surface area contributed by atoms with Gasteiger partial charge < -0.3 is 15.1 Å². The maximum atomic E-state index is 12.4. The lowest BCUT2D eigenvalue weighted by Gasteiger charge is -2.46. The van der Waals surface area contributed by atoms with Crippen molar-refractivity contribution < 1.29 is 19.8 Å². The lowest BCUT2D eigenvalue weighted by Crippen LogP contribution is -2.63. The quantitative estimate of drug-likeness (QED) is 0.807. The van der Waals surface area contributed by atoms with Crippen molar-refractivity contribution in [3.05, 3.63) is 28.8 Å². The van der Waals surface area contributed by atoms with Gasteiger partial charge in [0.25, 0.3) is 0 Å². The van der Waals surface area contributed by atoms with E-state index in [0.717, 1.165) is 21.8 Å². The van der Waals surface area contributed by atoms with Gasteiger partial charge in [-0.05, 0) is 13.3 Å². The number of amides is 1. The summed E-state index contributed by atoms with van der Waals surface area (Å²) in [5.74, 6) is -2.10. The lowest BCUT2D eigenvalue weighted by molar-refractivity contribution is -0.163. The van der Waals surface area contributed by atoms with Crippen LogP contribution in [0.3, 0.4) is 0 Å². The molecule has 8 heteroatoms. The van der Waals surface area contributed by atoms with Gasteiger partial charge >= 0.3 is 5.97 Å². The van der Waals surface area contributed by atoms with E-state index >= 15 is 0 Å². The van der Waals surface area contributed by atoms with Gasteiger partial charge in [0.15, 0.2) is 0 Å². The van der Waals surface area contributed by atoms with Gasteiger partial charge in [0.1, 0.15) is 16.9 Å². The van der Waals surface area contributed by atoms with Crippen molar-refractivity contribution in [2.45, 2.75) is 39.3 Å². The molecule has 7 nitrogen and oxygen atoms in total. The molecule has 2 aromatic rings. The minimum atomic E-state index is -1.10. The molecule has 2 aliphatic heterocycles. The molecule has 132 valence electrons. The Morgan fingerprint density at radius 1 is 1.48 bits per heavy atom.